The molecule has 2 aromatic rings. The van der Waals surface area contributed by atoms with E-state index in [1.807, 2.05) is 6.92 Å². The number of likely N-dealkylation sites (tertiary alicyclic amines) is 1. The van der Waals surface area contributed by atoms with Gasteiger partial charge in [-0.25, -0.2) is 13.1 Å². The van der Waals surface area contributed by atoms with Crippen molar-refractivity contribution in [2.24, 2.45) is 0 Å². The fraction of sp³-hybridized carbons (Fsp3) is 0.316. The summed E-state index contributed by atoms with van der Waals surface area (Å²) in [5.41, 5.74) is 1.02. The van der Waals surface area contributed by atoms with Crippen LogP contribution in [0.3, 0.4) is 0 Å². The Labute approximate surface area is 163 Å². The molecule has 1 aliphatic rings. The SMILES string of the molecule is Cc1ccc(S(=O)(=O)NC2CCN(C(=O)c3cc(O)c(O)c(O)c3)CC2)cc1. The number of carbonyl (C=O) groups excluding carboxylic acids is 1. The van der Waals surface area contributed by atoms with Crippen LogP contribution in [0.1, 0.15) is 28.8 Å². The number of phenols is 3. The molecule has 0 unspecified atom stereocenters. The summed E-state index contributed by atoms with van der Waals surface area (Å²) >= 11 is 0. The first-order valence-corrected chi connectivity index (χ1v) is 10.3. The highest BCUT2D eigenvalue weighted by Crippen LogP contribution is 2.35. The maximum Gasteiger partial charge on any atom is 0.254 e. The van der Waals surface area contributed by atoms with E-state index in [0.717, 1.165) is 17.7 Å². The summed E-state index contributed by atoms with van der Waals surface area (Å²) in [6.45, 7) is 2.52. The van der Waals surface area contributed by atoms with Crippen LogP contribution in [0, 0.1) is 6.92 Å². The number of benzene rings is 2. The van der Waals surface area contributed by atoms with Crippen molar-refractivity contribution in [1.82, 2.24) is 9.62 Å². The fourth-order valence-corrected chi connectivity index (χ4v) is 4.42. The molecule has 150 valence electrons. The molecule has 0 atom stereocenters. The lowest BCUT2D eigenvalue weighted by Crippen LogP contribution is -2.46. The summed E-state index contributed by atoms with van der Waals surface area (Å²) < 4.78 is 27.6. The van der Waals surface area contributed by atoms with Gasteiger partial charge in [0.2, 0.25) is 10.0 Å². The Bertz CT molecular complexity index is 957. The van der Waals surface area contributed by atoms with Gasteiger partial charge in [-0.15, -0.1) is 0 Å². The standard InChI is InChI=1S/C19H22N2O6S/c1-12-2-4-15(5-3-12)28(26,27)20-14-6-8-21(9-7-14)19(25)13-10-16(22)18(24)17(23)11-13/h2-5,10-11,14,20,22-24H,6-9H2,1H3. The molecule has 28 heavy (non-hydrogen) atoms. The van der Waals surface area contributed by atoms with Gasteiger partial charge in [0.05, 0.1) is 4.90 Å². The highest BCUT2D eigenvalue weighted by Gasteiger charge is 2.28. The number of amides is 1. The number of sulfonamides is 1. The zero-order valence-electron chi connectivity index (χ0n) is 15.3. The van der Waals surface area contributed by atoms with Gasteiger partial charge in [0, 0.05) is 24.7 Å². The van der Waals surface area contributed by atoms with E-state index in [9.17, 15) is 28.5 Å². The number of piperidine rings is 1. The molecule has 1 fully saturated rings. The molecule has 0 radical (unpaired) electrons. The summed E-state index contributed by atoms with van der Waals surface area (Å²) in [5, 5.41) is 28.5. The molecule has 9 heteroatoms. The third-order valence-electron chi connectivity index (χ3n) is 4.75. The lowest BCUT2D eigenvalue weighted by Gasteiger charge is -2.32. The number of phenolic OH excluding ortho intramolecular Hbond substituents is 3. The van der Waals surface area contributed by atoms with Crippen molar-refractivity contribution in [1.29, 1.82) is 0 Å². The number of aromatic hydroxyl groups is 3. The van der Waals surface area contributed by atoms with E-state index >= 15 is 0 Å². The van der Waals surface area contributed by atoms with Crippen molar-refractivity contribution in [2.45, 2.75) is 30.7 Å². The van der Waals surface area contributed by atoms with Gasteiger partial charge in [-0.1, -0.05) is 17.7 Å². The predicted octanol–water partition coefficient (Wildman–Crippen LogP) is 1.69. The van der Waals surface area contributed by atoms with Crippen LogP contribution in [0.25, 0.3) is 0 Å². The summed E-state index contributed by atoms with van der Waals surface area (Å²) in [6.07, 6.45) is 0.875. The molecule has 0 saturated carbocycles. The first kappa shape index (κ1) is 20.0. The minimum absolute atomic E-state index is 0.0477. The molecule has 1 amide bonds. The quantitative estimate of drug-likeness (QED) is 0.572. The molecule has 8 nitrogen and oxygen atoms in total. The third-order valence-corrected chi connectivity index (χ3v) is 6.29. The normalized spacial score (nSPS) is 15.5. The number of hydrogen-bond donors (Lipinski definition) is 4. The minimum Gasteiger partial charge on any atom is -0.504 e. The summed E-state index contributed by atoms with van der Waals surface area (Å²) in [4.78, 5) is 14.3. The molecule has 1 aliphatic heterocycles. The van der Waals surface area contributed by atoms with Crippen molar-refractivity contribution < 1.29 is 28.5 Å². The Hall–Kier alpha value is -2.78. The predicted molar refractivity (Wildman–Crippen MR) is 102 cm³/mol. The van der Waals surface area contributed by atoms with E-state index in [2.05, 4.69) is 4.72 Å². The molecule has 2 aromatic carbocycles. The largest absolute Gasteiger partial charge is 0.504 e. The number of rotatable bonds is 4. The molecule has 1 heterocycles. The summed E-state index contributed by atoms with van der Waals surface area (Å²) in [7, 11) is -3.63. The fourth-order valence-electron chi connectivity index (χ4n) is 3.12. The lowest BCUT2D eigenvalue weighted by molar-refractivity contribution is 0.0710. The van der Waals surface area contributed by atoms with Crippen LogP contribution in [-0.2, 0) is 10.0 Å². The number of hydrogen-bond acceptors (Lipinski definition) is 6. The first-order valence-electron chi connectivity index (χ1n) is 8.80. The molecule has 0 aromatic heterocycles. The Balaban J connectivity index is 1.63. The van der Waals surface area contributed by atoms with E-state index in [-0.39, 0.29) is 16.5 Å². The van der Waals surface area contributed by atoms with Gasteiger partial charge >= 0.3 is 0 Å². The smallest absolute Gasteiger partial charge is 0.254 e. The Morgan fingerprint density at radius 1 is 1.04 bits per heavy atom. The van der Waals surface area contributed by atoms with E-state index in [4.69, 9.17) is 0 Å². The van der Waals surface area contributed by atoms with Crippen molar-refractivity contribution in [3.05, 3.63) is 47.5 Å². The number of nitrogens with one attached hydrogen (secondary N) is 1. The average Bonchev–Trinajstić information content (AvgIpc) is 2.66. The van der Waals surface area contributed by atoms with Gasteiger partial charge in [0.1, 0.15) is 0 Å². The van der Waals surface area contributed by atoms with Gasteiger partial charge in [-0.05, 0) is 44.0 Å². The Morgan fingerprint density at radius 3 is 2.11 bits per heavy atom. The van der Waals surface area contributed by atoms with Crippen LogP contribution in [-0.4, -0.2) is 53.7 Å². The second-order valence-electron chi connectivity index (χ2n) is 6.86. The third kappa shape index (κ3) is 4.20. The maximum absolute atomic E-state index is 12.5. The molecule has 3 rings (SSSR count). The zero-order valence-corrected chi connectivity index (χ0v) is 16.1. The van der Waals surface area contributed by atoms with Crippen molar-refractivity contribution in [2.75, 3.05) is 13.1 Å². The van der Waals surface area contributed by atoms with Gasteiger partial charge in [-0.2, -0.15) is 0 Å². The van der Waals surface area contributed by atoms with E-state index in [1.54, 1.807) is 24.3 Å². The summed E-state index contributed by atoms with van der Waals surface area (Å²) in [5.74, 6) is -2.25. The molecular weight excluding hydrogens is 384 g/mol. The highest BCUT2D eigenvalue weighted by molar-refractivity contribution is 7.89. The van der Waals surface area contributed by atoms with Crippen LogP contribution in [0.4, 0.5) is 0 Å². The van der Waals surface area contributed by atoms with Crippen LogP contribution in [0.15, 0.2) is 41.3 Å². The molecule has 4 N–H and O–H groups in total. The lowest BCUT2D eigenvalue weighted by atomic mass is 10.0. The number of nitrogens with zero attached hydrogens (tertiary/aromatic N) is 1. The number of aryl methyl sites for hydroxylation is 1. The van der Waals surface area contributed by atoms with Crippen molar-refractivity contribution in [3.8, 4) is 17.2 Å². The first-order chi connectivity index (χ1) is 13.2. The monoisotopic (exact) mass is 406 g/mol. The van der Waals surface area contributed by atoms with Crippen molar-refractivity contribution >= 4 is 15.9 Å². The Morgan fingerprint density at radius 2 is 1.57 bits per heavy atom. The topological polar surface area (TPSA) is 127 Å². The summed E-state index contributed by atoms with van der Waals surface area (Å²) in [6, 6.07) is 8.46. The maximum atomic E-state index is 12.5. The van der Waals surface area contributed by atoms with Crippen LogP contribution in [0.2, 0.25) is 0 Å². The molecule has 0 bridgehead atoms. The zero-order chi connectivity index (χ0) is 20.5. The van der Waals surface area contributed by atoms with Gasteiger partial charge < -0.3 is 20.2 Å². The van der Waals surface area contributed by atoms with Gasteiger partial charge in [-0.3, -0.25) is 4.79 Å². The number of carbonyl (C=O) groups is 1. The molecule has 1 saturated heterocycles. The second-order valence-corrected chi connectivity index (χ2v) is 8.58. The van der Waals surface area contributed by atoms with Crippen LogP contribution < -0.4 is 4.72 Å². The minimum atomic E-state index is -3.63. The molecule has 0 aliphatic carbocycles. The average molecular weight is 406 g/mol. The Kier molecular flexibility index (Phi) is 5.48. The second kappa shape index (κ2) is 7.69. The molecule has 0 spiro atoms. The van der Waals surface area contributed by atoms with E-state index < -0.39 is 33.2 Å². The van der Waals surface area contributed by atoms with Gasteiger partial charge in [0.15, 0.2) is 17.2 Å². The highest BCUT2D eigenvalue weighted by atomic mass is 32.2. The van der Waals surface area contributed by atoms with E-state index in [1.165, 1.54) is 4.90 Å². The van der Waals surface area contributed by atoms with Crippen LogP contribution in [0.5, 0.6) is 17.2 Å². The van der Waals surface area contributed by atoms with Gasteiger partial charge in [0.25, 0.3) is 5.91 Å². The van der Waals surface area contributed by atoms with E-state index in [0.29, 0.717) is 25.9 Å². The van der Waals surface area contributed by atoms with Crippen LogP contribution >= 0.6 is 0 Å². The molecular formula is C19H22N2O6S. The van der Waals surface area contributed by atoms with Crippen molar-refractivity contribution in [3.63, 3.8) is 0 Å².